The molecule has 3 atom stereocenters. The zero-order chi connectivity index (χ0) is 29.1. The van der Waals surface area contributed by atoms with E-state index in [9.17, 15) is 9.90 Å². The monoisotopic (exact) mass is 568 g/mol. The van der Waals surface area contributed by atoms with Crippen LogP contribution in [0.3, 0.4) is 0 Å². The molecule has 10 heteroatoms. The fourth-order valence-corrected chi connectivity index (χ4v) is 4.40. The summed E-state index contributed by atoms with van der Waals surface area (Å²) < 4.78 is 24.8. The van der Waals surface area contributed by atoms with E-state index < -0.39 is 24.3 Å². The number of fused-ring (bicyclic) bond motifs is 1. The van der Waals surface area contributed by atoms with E-state index in [2.05, 4.69) is 15.1 Å². The van der Waals surface area contributed by atoms with Crippen molar-refractivity contribution in [1.29, 1.82) is 0 Å². The summed E-state index contributed by atoms with van der Waals surface area (Å²) in [6, 6.07) is 29.1. The van der Waals surface area contributed by atoms with E-state index in [1.54, 1.807) is 12.4 Å². The van der Waals surface area contributed by atoms with Gasteiger partial charge in [-0.1, -0.05) is 91.0 Å². The van der Waals surface area contributed by atoms with Crippen LogP contribution in [0.4, 0.5) is 0 Å². The molecule has 216 valence electrons. The Labute approximate surface area is 243 Å². The summed E-state index contributed by atoms with van der Waals surface area (Å²) in [5.41, 5.74) is 3.45. The molecule has 10 nitrogen and oxygen atoms in total. The van der Waals surface area contributed by atoms with Gasteiger partial charge in [0.2, 0.25) is 0 Å². The highest BCUT2D eigenvalue weighted by atomic mass is 16.6. The lowest BCUT2D eigenvalue weighted by atomic mass is 10.0. The molecule has 0 saturated heterocycles. The molecule has 3 aromatic carbocycles. The Hall–Kier alpha value is -4.48. The number of hydrogen-bond acceptors (Lipinski definition) is 9. The predicted octanol–water partition coefficient (Wildman–Crippen LogP) is 4.33. The second kappa shape index (κ2) is 14.4. The van der Waals surface area contributed by atoms with E-state index in [4.69, 9.17) is 18.9 Å². The normalized spacial score (nSPS) is 13.5. The summed E-state index contributed by atoms with van der Waals surface area (Å²) in [5, 5.41) is 15.7. The van der Waals surface area contributed by atoms with E-state index in [1.807, 2.05) is 91.0 Å². The number of nitrogens with zero attached hydrogens (tertiary/aromatic N) is 4. The fraction of sp³-hybridized carbons (Fsp3) is 0.250. The molecule has 1 N–H and O–H groups in total. The molecule has 0 radical (unpaired) electrons. The summed E-state index contributed by atoms with van der Waals surface area (Å²) in [5.74, 6) is -0.571. The zero-order valence-electron chi connectivity index (χ0n) is 23.2. The number of carbonyl (C=O) groups is 1. The van der Waals surface area contributed by atoms with Crippen molar-refractivity contribution in [3.05, 3.63) is 131 Å². The van der Waals surface area contributed by atoms with Crippen molar-refractivity contribution in [3.8, 4) is 0 Å². The van der Waals surface area contributed by atoms with Crippen LogP contribution in [0.15, 0.2) is 103 Å². The molecule has 0 saturated carbocycles. The van der Waals surface area contributed by atoms with Crippen LogP contribution >= 0.6 is 0 Å². The number of esters is 1. The smallest absolute Gasteiger partial charge is 0.378 e. The van der Waals surface area contributed by atoms with Gasteiger partial charge >= 0.3 is 5.97 Å². The first-order valence-electron chi connectivity index (χ1n) is 13.5. The molecule has 0 fully saturated rings. The molecular formula is C32H32N4O6. The minimum atomic E-state index is -1.06. The molecule has 0 bridgehead atoms. The van der Waals surface area contributed by atoms with Crippen molar-refractivity contribution in [3.63, 3.8) is 0 Å². The number of aliphatic hydroxyl groups excluding tert-OH is 1. The maximum atomic E-state index is 12.0. The van der Waals surface area contributed by atoms with Crippen LogP contribution in [0, 0.1) is 0 Å². The van der Waals surface area contributed by atoms with Crippen LogP contribution < -0.4 is 0 Å². The van der Waals surface area contributed by atoms with Gasteiger partial charge in [-0.2, -0.15) is 4.98 Å². The number of ether oxygens (including phenoxy) is 4. The third-order valence-electron chi connectivity index (χ3n) is 6.55. The standard InChI is InChI=1S/C32H32N4O6/c1-39-31(38)30-34-32-33-17-26(18-36(32)35-30)28(41-20-24-13-7-3-8-14-24)29(42-21-25-15-9-4-10-16-25)27(37)22-40-19-23-11-5-2-6-12-23/h2-18,27-29,37H,19-22H2,1H3/t27-,28-,29+/m1/s1. The van der Waals surface area contributed by atoms with Crippen LogP contribution in [0.5, 0.6) is 0 Å². The second-order valence-corrected chi connectivity index (χ2v) is 9.61. The second-order valence-electron chi connectivity index (χ2n) is 9.61. The average molecular weight is 569 g/mol. The van der Waals surface area contributed by atoms with E-state index in [0.717, 1.165) is 16.7 Å². The van der Waals surface area contributed by atoms with Crippen LogP contribution in [-0.4, -0.2) is 56.6 Å². The van der Waals surface area contributed by atoms with E-state index in [0.29, 0.717) is 12.2 Å². The summed E-state index contributed by atoms with van der Waals surface area (Å²) in [6.45, 7) is 0.821. The highest BCUT2D eigenvalue weighted by Crippen LogP contribution is 2.28. The minimum absolute atomic E-state index is 0.00499. The van der Waals surface area contributed by atoms with Gasteiger partial charge < -0.3 is 24.1 Å². The summed E-state index contributed by atoms with van der Waals surface area (Å²) in [6.07, 6.45) is 0.542. The third kappa shape index (κ3) is 7.62. The van der Waals surface area contributed by atoms with Gasteiger partial charge in [-0.05, 0) is 16.7 Å². The van der Waals surface area contributed by atoms with E-state index in [1.165, 1.54) is 11.6 Å². The Morgan fingerprint density at radius 3 is 2.00 bits per heavy atom. The Kier molecular flexibility index (Phi) is 9.97. The van der Waals surface area contributed by atoms with Gasteiger partial charge in [0.15, 0.2) is 0 Å². The van der Waals surface area contributed by atoms with E-state index >= 15 is 0 Å². The highest BCUT2D eigenvalue weighted by molar-refractivity contribution is 5.85. The maximum Gasteiger partial charge on any atom is 0.378 e. The zero-order valence-corrected chi connectivity index (χ0v) is 23.2. The van der Waals surface area contributed by atoms with Crippen LogP contribution in [0.2, 0.25) is 0 Å². The van der Waals surface area contributed by atoms with Gasteiger partial charge in [-0.15, -0.1) is 5.10 Å². The fourth-order valence-electron chi connectivity index (χ4n) is 4.40. The largest absolute Gasteiger partial charge is 0.463 e. The lowest BCUT2D eigenvalue weighted by Crippen LogP contribution is -2.39. The lowest BCUT2D eigenvalue weighted by Gasteiger charge is -2.31. The minimum Gasteiger partial charge on any atom is -0.463 e. The molecule has 0 aliphatic rings. The lowest BCUT2D eigenvalue weighted by molar-refractivity contribution is -0.150. The van der Waals surface area contributed by atoms with Crippen molar-refractivity contribution < 1.29 is 28.8 Å². The average Bonchev–Trinajstić information content (AvgIpc) is 3.47. The SMILES string of the molecule is COC(=O)c1nc2ncc([C@@H](OCc3ccccc3)[C@@H](OCc3ccccc3)[C@H](O)COCc3ccccc3)cn2n1. The Morgan fingerprint density at radius 1 is 0.833 bits per heavy atom. The summed E-state index contributed by atoms with van der Waals surface area (Å²) >= 11 is 0. The molecule has 0 spiro atoms. The molecule has 0 aliphatic carbocycles. The molecule has 2 heterocycles. The van der Waals surface area contributed by atoms with Gasteiger partial charge in [0.25, 0.3) is 11.6 Å². The van der Waals surface area contributed by atoms with Crippen molar-refractivity contribution >= 4 is 11.7 Å². The molecule has 0 aliphatic heterocycles. The molecule has 2 aromatic heterocycles. The van der Waals surface area contributed by atoms with E-state index in [-0.39, 0.29) is 31.4 Å². The number of aromatic nitrogens is 4. The highest BCUT2D eigenvalue weighted by Gasteiger charge is 2.33. The maximum absolute atomic E-state index is 12.0. The molecule has 5 rings (SSSR count). The molecule has 0 amide bonds. The topological polar surface area (TPSA) is 117 Å². The number of aliphatic hydroxyl groups is 1. The molecule has 42 heavy (non-hydrogen) atoms. The van der Waals surface area contributed by atoms with Gasteiger partial charge in [0.05, 0.1) is 33.5 Å². The van der Waals surface area contributed by atoms with Crippen LogP contribution in [0.1, 0.15) is 39.0 Å². The first-order valence-corrected chi connectivity index (χ1v) is 13.5. The van der Waals surface area contributed by atoms with Crippen molar-refractivity contribution in [2.75, 3.05) is 13.7 Å². The number of rotatable bonds is 14. The quantitative estimate of drug-likeness (QED) is 0.195. The Bertz CT molecular complexity index is 1550. The number of hydrogen-bond donors (Lipinski definition) is 1. The predicted molar refractivity (Wildman–Crippen MR) is 153 cm³/mol. The number of carbonyl (C=O) groups excluding carboxylic acids is 1. The summed E-state index contributed by atoms with van der Waals surface area (Å²) in [7, 11) is 1.26. The summed E-state index contributed by atoms with van der Waals surface area (Å²) in [4.78, 5) is 20.5. The van der Waals surface area contributed by atoms with Gasteiger partial charge in [-0.25, -0.2) is 14.3 Å². The van der Waals surface area contributed by atoms with Gasteiger partial charge in [0.1, 0.15) is 18.3 Å². The Balaban J connectivity index is 1.44. The van der Waals surface area contributed by atoms with Gasteiger partial charge in [0, 0.05) is 18.0 Å². The van der Waals surface area contributed by atoms with Crippen molar-refractivity contribution in [2.45, 2.75) is 38.1 Å². The first kappa shape index (κ1) is 29.0. The molecule has 0 unspecified atom stereocenters. The van der Waals surface area contributed by atoms with Crippen molar-refractivity contribution in [1.82, 2.24) is 19.6 Å². The number of benzene rings is 3. The van der Waals surface area contributed by atoms with Crippen LogP contribution in [0.25, 0.3) is 5.78 Å². The van der Waals surface area contributed by atoms with Crippen LogP contribution in [-0.2, 0) is 38.8 Å². The number of methoxy groups -OCH3 is 1. The van der Waals surface area contributed by atoms with Gasteiger partial charge in [-0.3, -0.25) is 0 Å². The molecule has 5 aromatic rings. The molecular weight excluding hydrogens is 536 g/mol. The van der Waals surface area contributed by atoms with Crippen molar-refractivity contribution in [2.24, 2.45) is 0 Å². The Morgan fingerprint density at radius 2 is 1.40 bits per heavy atom. The third-order valence-corrected chi connectivity index (χ3v) is 6.55. The first-order chi connectivity index (χ1) is 20.6.